The molecule has 0 spiro atoms. The predicted molar refractivity (Wildman–Crippen MR) is 432 cm³/mol. The number of carbonyl (C=O) groups excluding carboxylic acids is 9. The summed E-state index contributed by atoms with van der Waals surface area (Å²) in [6.07, 6.45) is 1.03. The average Bonchev–Trinajstić information content (AvgIpc) is 1.59. The summed E-state index contributed by atoms with van der Waals surface area (Å²) in [5.74, 6) is -1.70. The lowest BCUT2D eigenvalue weighted by Gasteiger charge is -2.39. The van der Waals surface area contributed by atoms with Gasteiger partial charge in [-0.1, -0.05) is 100 Å². The van der Waals surface area contributed by atoms with Crippen LogP contribution in [0.4, 0.5) is 16.2 Å². The van der Waals surface area contributed by atoms with Gasteiger partial charge in [0, 0.05) is 89.0 Å². The number of likely N-dealkylation sites (tertiary alicyclic amines) is 1. The van der Waals surface area contributed by atoms with E-state index >= 15 is 0 Å². The van der Waals surface area contributed by atoms with E-state index in [-0.39, 0.29) is 159 Å². The van der Waals surface area contributed by atoms with Crippen molar-refractivity contribution in [1.82, 2.24) is 25.3 Å². The number of ketones is 2. The summed E-state index contributed by atoms with van der Waals surface area (Å²) < 4.78 is 68.7. The molecule has 5 aliphatic rings. The lowest BCUT2D eigenvalue weighted by molar-refractivity contribution is -0.138. The summed E-state index contributed by atoms with van der Waals surface area (Å²) in [4.78, 5) is 131. The van der Waals surface area contributed by atoms with Gasteiger partial charge in [-0.3, -0.25) is 48.2 Å². The molecule has 0 aliphatic carbocycles. The van der Waals surface area contributed by atoms with Crippen LogP contribution < -0.4 is 29.7 Å². The molecule has 5 heterocycles. The predicted octanol–water partition coefficient (Wildman–Crippen LogP) is 8.32. The Morgan fingerprint density at radius 2 is 1.15 bits per heavy atom. The van der Waals surface area contributed by atoms with Crippen LogP contribution in [0, 0.1) is 18.8 Å². The van der Waals surface area contributed by atoms with Crippen molar-refractivity contribution in [2.75, 3.05) is 144 Å². The number of benzene rings is 5. The van der Waals surface area contributed by atoms with E-state index in [0.29, 0.717) is 164 Å². The van der Waals surface area contributed by atoms with Crippen molar-refractivity contribution in [2.24, 2.45) is 16.8 Å². The largest absolute Gasteiger partial charge is 0.493 e. The van der Waals surface area contributed by atoms with E-state index in [9.17, 15) is 48.3 Å². The zero-order valence-electron chi connectivity index (χ0n) is 67.5. The third-order valence-electron chi connectivity index (χ3n) is 20.5. The number of methoxy groups -OCH3 is 1. The van der Waals surface area contributed by atoms with Crippen LogP contribution >= 0.6 is 11.8 Å². The van der Waals surface area contributed by atoms with Crippen LogP contribution in [0.2, 0.25) is 0 Å². The first-order valence-corrected chi connectivity index (χ1v) is 41.0. The molecule has 1 saturated heterocycles. The van der Waals surface area contributed by atoms with Crippen molar-refractivity contribution in [2.45, 2.75) is 147 Å². The number of hydrogen-bond donors (Lipinski definition) is 3. The molecule has 3 N–H and O–H groups in total. The van der Waals surface area contributed by atoms with E-state index in [0.717, 1.165) is 21.6 Å². The Hall–Kier alpha value is -9.21. The standard InChI is InChI=1S/C86H111N7O22S/c1-56(2)68(47-67(94)22-27-105-29-31-107-33-35-109-37-39-111-41-42-112-40-38-110-36-34-108-32-30-106-28-23-87-79(96)21-24-90-80(97)51-78(85(90)102)116-57(3)4)81(98)89-59(6)74(95)44-60-17-19-61(20-18-60)55-115-86(103)93-72-50-75(58(5)43-70(72)83(100)92-54-65-16-11-9-14-63(65)46-73(92)84(93)101)113-25-12-26-114-77-49-71-69(48-76(77)104-7)82(99)91-53-64-15-10-8-13-62(64)45-66(91)52-88-71/h8-11,13-20,43,48-50,52,56-57,59,66,68,73,78,84,101H,12,21-42,44-47,51,53-55H2,1-7H3,(H,87,96)(H,89,98)/t59-,66?,68-,73?,78?,84?/m0/s1. The molecule has 0 bridgehead atoms. The molecule has 29 nitrogen and oxygen atoms in total. The smallest absolute Gasteiger partial charge is 0.416 e. The van der Waals surface area contributed by atoms with E-state index in [1.807, 2.05) is 81.3 Å². The second-order valence-electron chi connectivity index (χ2n) is 29.6. The van der Waals surface area contributed by atoms with Gasteiger partial charge in [0.25, 0.3) is 11.8 Å². The van der Waals surface area contributed by atoms with Crippen molar-refractivity contribution in [3.05, 3.63) is 147 Å². The second kappa shape index (κ2) is 45.5. The van der Waals surface area contributed by atoms with Crippen LogP contribution in [0.1, 0.15) is 126 Å². The number of fused-ring (bicyclic) bond motifs is 6. The van der Waals surface area contributed by atoms with Crippen LogP contribution in [0.25, 0.3) is 0 Å². The lowest BCUT2D eigenvalue weighted by atomic mass is 9.88. The van der Waals surface area contributed by atoms with Gasteiger partial charge in [0.1, 0.15) is 18.1 Å². The molecule has 0 radical (unpaired) electrons. The molecule has 7 amide bonds. The molecule has 6 atom stereocenters. The third-order valence-corrected chi connectivity index (χ3v) is 21.7. The highest BCUT2D eigenvalue weighted by atomic mass is 32.2. The molecule has 30 heteroatoms. The summed E-state index contributed by atoms with van der Waals surface area (Å²) in [6, 6.07) is 27.5. The van der Waals surface area contributed by atoms with Gasteiger partial charge in [0.15, 0.2) is 23.5 Å². The molecule has 5 aliphatic heterocycles. The molecule has 0 saturated carbocycles. The summed E-state index contributed by atoms with van der Waals surface area (Å²) in [5, 5.41) is 17.8. The van der Waals surface area contributed by atoms with Crippen molar-refractivity contribution in [3.63, 3.8) is 0 Å². The number of hydrogen-bond acceptors (Lipinski definition) is 24. The molecule has 5 aromatic carbocycles. The fourth-order valence-corrected chi connectivity index (χ4v) is 15.2. The zero-order valence-corrected chi connectivity index (χ0v) is 68.3. The van der Waals surface area contributed by atoms with Gasteiger partial charge < -0.3 is 82.4 Å². The molecule has 5 aromatic rings. The number of nitrogens with zero attached hydrogens (tertiary/aromatic N) is 5. The molecule has 10 rings (SSSR count). The maximum Gasteiger partial charge on any atom is 0.416 e. The zero-order chi connectivity index (χ0) is 82.5. The average molecular weight is 1630 g/mol. The fourth-order valence-electron chi connectivity index (χ4n) is 14.1. The molecule has 116 heavy (non-hydrogen) atoms. The maximum atomic E-state index is 14.7. The number of aliphatic hydroxyl groups excluding tert-OH is 1. The lowest BCUT2D eigenvalue weighted by Crippen LogP contribution is -2.55. The third kappa shape index (κ3) is 25.6. The minimum atomic E-state index is -1.53. The Morgan fingerprint density at radius 1 is 0.595 bits per heavy atom. The monoisotopic (exact) mass is 1630 g/mol. The topological polar surface area (TPSA) is 334 Å². The highest BCUT2D eigenvalue weighted by Crippen LogP contribution is 2.42. The number of aliphatic hydroxyl groups is 1. The van der Waals surface area contributed by atoms with E-state index in [1.54, 1.807) is 67.3 Å². The van der Waals surface area contributed by atoms with Crippen molar-refractivity contribution in [3.8, 4) is 17.2 Å². The molecular weight excluding hydrogens is 1520 g/mol. The van der Waals surface area contributed by atoms with Crippen molar-refractivity contribution < 1.29 is 105 Å². The number of anilines is 1. The van der Waals surface area contributed by atoms with Crippen molar-refractivity contribution in [1.29, 1.82) is 0 Å². The highest BCUT2D eigenvalue weighted by molar-refractivity contribution is 8.01. The van der Waals surface area contributed by atoms with E-state index < -0.39 is 36.2 Å². The van der Waals surface area contributed by atoms with Crippen molar-refractivity contribution >= 4 is 82.5 Å². The summed E-state index contributed by atoms with van der Waals surface area (Å²) in [7, 11) is 1.52. The van der Waals surface area contributed by atoms with Crippen LogP contribution in [0.3, 0.4) is 0 Å². The number of nitrogens with one attached hydrogen (secondary N) is 2. The Bertz CT molecular complexity index is 4180. The molecule has 4 unspecified atom stereocenters. The first-order chi connectivity index (χ1) is 56.1. The molecule has 1 fully saturated rings. The van der Waals surface area contributed by atoms with Gasteiger partial charge in [0.2, 0.25) is 23.6 Å². The van der Waals surface area contributed by atoms with Gasteiger partial charge in [-0.25, -0.2) is 9.69 Å². The number of amides is 7. The Balaban J connectivity index is 0.565. The number of rotatable bonds is 49. The minimum absolute atomic E-state index is 0.0132. The summed E-state index contributed by atoms with van der Waals surface area (Å²) >= 11 is 1.47. The second-order valence-corrected chi connectivity index (χ2v) is 31.3. The number of carbonyl (C=O) groups is 9. The van der Waals surface area contributed by atoms with E-state index in [4.69, 9.17) is 61.8 Å². The number of aliphatic imine (C=N–C) groups is 1. The minimum Gasteiger partial charge on any atom is -0.493 e. The van der Waals surface area contributed by atoms with E-state index in [2.05, 4.69) is 16.7 Å². The van der Waals surface area contributed by atoms with Crippen LogP contribution in [0.15, 0.2) is 102 Å². The summed E-state index contributed by atoms with van der Waals surface area (Å²) in [6.45, 7) is 18.0. The fraction of sp³-hybridized carbons (Fsp3) is 0.535. The number of ether oxygens (including phenoxy) is 12. The molecular formula is C86H111N7O22S. The molecule has 628 valence electrons. The Morgan fingerprint density at radius 3 is 1.74 bits per heavy atom. The maximum absolute atomic E-state index is 14.7. The first kappa shape index (κ1) is 89.1. The van der Waals surface area contributed by atoms with Gasteiger partial charge in [-0.05, 0) is 88.9 Å². The normalized spacial score (nSPS) is 17.4. The number of Topliss-reactive ketones (excluding diaryl/α,β-unsaturated/α-hetero) is 2. The summed E-state index contributed by atoms with van der Waals surface area (Å²) in [5.41, 5.74) is 7.22. The number of aryl methyl sites for hydroxylation is 1. The van der Waals surface area contributed by atoms with Gasteiger partial charge in [0.05, 0.1) is 172 Å². The van der Waals surface area contributed by atoms with Gasteiger partial charge >= 0.3 is 6.09 Å². The highest BCUT2D eigenvalue weighted by Gasteiger charge is 2.46. The number of imide groups is 1. The Kier molecular flexibility index (Phi) is 35.0. The van der Waals surface area contributed by atoms with Crippen LogP contribution in [-0.4, -0.2) is 253 Å². The quantitative estimate of drug-likeness (QED) is 0.0243. The van der Waals surface area contributed by atoms with Crippen LogP contribution in [-0.2, 0) is 110 Å². The van der Waals surface area contributed by atoms with Gasteiger partial charge in [-0.2, -0.15) is 0 Å². The van der Waals surface area contributed by atoms with Crippen LogP contribution in [0.5, 0.6) is 17.2 Å². The Labute approximate surface area is 682 Å². The van der Waals surface area contributed by atoms with Gasteiger partial charge in [-0.15, -0.1) is 11.8 Å². The first-order valence-electron chi connectivity index (χ1n) is 40.0. The molecule has 0 aromatic heterocycles. The van der Waals surface area contributed by atoms with E-state index in [1.165, 1.54) is 29.3 Å². The number of thioether (sulfide) groups is 1. The SMILES string of the molecule is COc1cc2c(cc1OCCCOc1cc3c(cc1C)C(=O)N1Cc4ccccc4CC1C(O)N3C(=O)OCc1ccc(CC(=O)[C@H](C)NC(=O)[C@@H](CC(=O)CCOCCOCCOCCOCCOCCOCCOCCOCCNC(=O)CCN3C(=O)CC(SC(C)C)C3=O)C(C)C)cc1)N=CC1Cc3ccccc3CN1C2=O.